The second-order valence-corrected chi connectivity index (χ2v) is 10.5. The van der Waals surface area contributed by atoms with E-state index < -0.39 is 29.2 Å². The number of oxime groups is 1. The molecule has 0 spiro atoms. The number of thioether (sulfide) groups is 2. The lowest BCUT2D eigenvalue weighted by Gasteiger charge is -2.49. The van der Waals surface area contributed by atoms with Crippen LogP contribution in [0.5, 0.6) is 0 Å². The summed E-state index contributed by atoms with van der Waals surface area (Å²) in [6.45, 7) is 1.94. The minimum Gasteiger partial charge on any atom is -0.477 e. The number of β-lactam (4-membered cyclic amide) rings is 1. The molecule has 4 heterocycles. The Kier molecular flexibility index (Phi) is 7.16. The zero-order chi connectivity index (χ0) is 23.5. The molecule has 0 bridgehead atoms. The SMILES string of the molecule is CCON=C(C(=O)NC1C(=O)N2C(C(=O)O)=C(CSc3ncns3)CS[C@@H]12)c1csc(N)n1. The lowest BCUT2D eigenvalue weighted by molar-refractivity contribution is -0.150. The van der Waals surface area contributed by atoms with Crippen molar-refractivity contribution in [2.45, 2.75) is 22.7 Å². The number of hydrogen-bond donors (Lipinski definition) is 3. The number of carbonyl (C=O) groups is 3. The number of carboxylic acid groups (broad SMARTS) is 1. The molecule has 1 saturated heterocycles. The van der Waals surface area contributed by atoms with Crippen LogP contribution < -0.4 is 11.1 Å². The van der Waals surface area contributed by atoms with E-state index in [9.17, 15) is 19.5 Å². The van der Waals surface area contributed by atoms with Gasteiger partial charge in [0.25, 0.3) is 11.8 Å². The number of nitrogens with zero attached hydrogens (tertiary/aromatic N) is 5. The minimum absolute atomic E-state index is 0.0539. The number of rotatable bonds is 9. The second kappa shape index (κ2) is 10.1. The van der Waals surface area contributed by atoms with E-state index >= 15 is 0 Å². The average molecular weight is 528 g/mol. The lowest BCUT2D eigenvalue weighted by atomic mass is 10.0. The highest BCUT2D eigenvalue weighted by atomic mass is 32.2. The molecule has 33 heavy (non-hydrogen) atoms. The number of carbonyl (C=O) groups excluding carboxylic acids is 2. The van der Waals surface area contributed by atoms with Crippen LogP contribution in [0.4, 0.5) is 5.13 Å². The predicted molar refractivity (Wildman–Crippen MR) is 125 cm³/mol. The van der Waals surface area contributed by atoms with Crippen LogP contribution in [0.3, 0.4) is 0 Å². The topological polar surface area (TPSA) is 173 Å². The van der Waals surface area contributed by atoms with Gasteiger partial charge in [-0.05, 0) is 24.0 Å². The molecule has 2 aliphatic rings. The van der Waals surface area contributed by atoms with Crippen molar-refractivity contribution in [1.29, 1.82) is 0 Å². The van der Waals surface area contributed by atoms with Crippen LogP contribution >= 0.6 is 46.4 Å². The Labute approximate surface area is 203 Å². The Balaban J connectivity index is 1.49. The van der Waals surface area contributed by atoms with Gasteiger partial charge in [-0.1, -0.05) is 16.9 Å². The fourth-order valence-corrected chi connectivity index (χ4v) is 6.59. The molecule has 2 aromatic rings. The third-order valence-electron chi connectivity index (χ3n) is 4.51. The third-order valence-corrected chi connectivity index (χ3v) is 8.41. The summed E-state index contributed by atoms with van der Waals surface area (Å²) in [4.78, 5) is 52.1. The van der Waals surface area contributed by atoms with E-state index in [0.29, 0.717) is 21.4 Å². The van der Waals surface area contributed by atoms with Crippen LogP contribution in [-0.4, -0.2) is 77.4 Å². The van der Waals surface area contributed by atoms with Crippen LogP contribution in [0.1, 0.15) is 12.6 Å². The second-order valence-electron chi connectivity index (χ2n) is 6.54. The number of aliphatic carboxylic acids is 1. The molecular weight excluding hydrogens is 510 g/mol. The van der Waals surface area contributed by atoms with Crippen molar-refractivity contribution in [3.8, 4) is 0 Å². The van der Waals surface area contributed by atoms with Crippen molar-refractivity contribution < 1.29 is 24.3 Å². The highest BCUT2D eigenvalue weighted by Gasteiger charge is 2.54. The van der Waals surface area contributed by atoms with Crippen LogP contribution in [0.15, 0.2) is 32.5 Å². The van der Waals surface area contributed by atoms with Crippen molar-refractivity contribution in [2.75, 3.05) is 23.8 Å². The molecule has 4 rings (SSSR count). The number of carboxylic acids is 1. The monoisotopic (exact) mass is 527 g/mol. The minimum atomic E-state index is -1.19. The molecule has 2 aromatic heterocycles. The zero-order valence-corrected chi connectivity index (χ0v) is 20.2. The molecule has 0 aliphatic carbocycles. The Bertz CT molecular complexity index is 1130. The van der Waals surface area contributed by atoms with E-state index in [2.05, 4.69) is 24.8 Å². The van der Waals surface area contributed by atoms with Gasteiger partial charge in [0, 0.05) is 16.9 Å². The Morgan fingerprint density at radius 3 is 2.94 bits per heavy atom. The Morgan fingerprint density at radius 1 is 1.48 bits per heavy atom. The molecule has 12 nitrogen and oxygen atoms in total. The maximum absolute atomic E-state index is 12.9. The van der Waals surface area contributed by atoms with Crippen molar-refractivity contribution in [1.82, 2.24) is 24.6 Å². The van der Waals surface area contributed by atoms with Gasteiger partial charge in [-0.3, -0.25) is 14.5 Å². The summed E-state index contributed by atoms with van der Waals surface area (Å²) in [7, 11) is 0. The van der Waals surface area contributed by atoms with E-state index in [1.807, 2.05) is 0 Å². The van der Waals surface area contributed by atoms with E-state index in [1.165, 1.54) is 46.3 Å². The first-order chi connectivity index (χ1) is 15.9. The van der Waals surface area contributed by atoms with Crippen molar-refractivity contribution in [2.24, 2.45) is 5.16 Å². The van der Waals surface area contributed by atoms with Gasteiger partial charge in [-0.2, -0.15) is 4.37 Å². The van der Waals surface area contributed by atoms with Gasteiger partial charge in [0.2, 0.25) is 0 Å². The first-order valence-electron chi connectivity index (χ1n) is 9.42. The normalized spacial score (nSPS) is 20.3. The quantitative estimate of drug-likeness (QED) is 0.183. The summed E-state index contributed by atoms with van der Waals surface area (Å²) in [5.74, 6) is -1.59. The summed E-state index contributed by atoms with van der Waals surface area (Å²) in [5.41, 5.74) is 6.32. The molecule has 2 amide bonds. The zero-order valence-electron chi connectivity index (χ0n) is 17.0. The molecule has 0 aromatic carbocycles. The largest absolute Gasteiger partial charge is 0.477 e. The number of hydrogen-bond acceptors (Lipinski definition) is 13. The summed E-state index contributed by atoms with van der Waals surface area (Å²) in [5, 5.41) is 17.5. The predicted octanol–water partition coefficient (Wildman–Crippen LogP) is 0.848. The van der Waals surface area contributed by atoms with E-state index in [-0.39, 0.29) is 28.8 Å². The van der Waals surface area contributed by atoms with Gasteiger partial charge in [0.05, 0.1) is 0 Å². The van der Waals surface area contributed by atoms with Crippen molar-refractivity contribution in [3.05, 3.63) is 28.7 Å². The first kappa shape index (κ1) is 23.5. The number of thiazole rings is 1. The van der Waals surface area contributed by atoms with E-state index in [0.717, 1.165) is 11.3 Å². The van der Waals surface area contributed by atoms with Gasteiger partial charge >= 0.3 is 5.97 Å². The van der Waals surface area contributed by atoms with E-state index in [1.54, 1.807) is 12.3 Å². The Morgan fingerprint density at radius 2 is 2.30 bits per heavy atom. The lowest BCUT2D eigenvalue weighted by Crippen LogP contribution is -2.71. The smallest absolute Gasteiger partial charge is 0.352 e. The maximum atomic E-state index is 12.9. The van der Waals surface area contributed by atoms with Crippen LogP contribution in [0.2, 0.25) is 0 Å². The molecule has 2 aliphatic heterocycles. The van der Waals surface area contributed by atoms with Crippen LogP contribution in [0.25, 0.3) is 0 Å². The fourth-order valence-electron chi connectivity index (χ4n) is 3.11. The van der Waals surface area contributed by atoms with E-state index in [4.69, 9.17) is 10.6 Å². The number of nitrogens with two attached hydrogens (primary N) is 1. The number of fused-ring (bicyclic) bond motifs is 1. The average Bonchev–Trinajstić information content (AvgIpc) is 3.47. The van der Waals surface area contributed by atoms with Crippen molar-refractivity contribution >= 4 is 75.0 Å². The molecule has 0 saturated carbocycles. The molecule has 1 fully saturated rings. The number of nitrogens with one attached hydrogen (secondary N) is 1. The standard InChI is InChI=1S/C17H17N7O5S4/c1-2-29-23-9(8-5-31-16(18)21-8)12(25)22-10-13(26)24-11(15(27)28)7(3-30-14(10)24)4-32-17-19-6-20-33-17/h5-6,10,14H,2-4H2,1H3,(H2,18,21)(H,22,25)(H,27,28)/t10?,14-/m0/s1. The number of anilines is 1. The molecule has 0 radical (unpaired) electrons. The first-order valence-corrected chi connectivity index (χ1v) is 13.1. The van der Waals surface area contributed by atoms with Crippen LogP contribution in [0, 0.1) is 0 Å². The molecular formula is C17H17N7O5S4. The number of nitrogen functional groups attached to an aromatic ring is 1. The van der Waals surface area contributed by atoms with Gasteiger partial charge < -0.3 is 21.0 Å². The summed E-state index contributed by atoms with van der Waals surface area (Å²) in [6.07, 6.45) is 1.43. The summed E-state index contributed by atoms with van der Waals surface area (Å²) in [6, 6.07) is -0.906. The molecule has 174 valence electrons. The highest BCUT2D eigenvalue weighted by molar-refractivity contribution is 8.01. The van der Waals surface area contributed by atoms with Gasteiger partial charge in [-0.25, -0.2) is 14.8 Å². The third kappa shape index (κ3) is 4.83. The molecule has 2 atom stereocenters. The molecule has 4 N–H and O–H groups in total. The van der Waals surface area contributed by atoms with Gasteiger partial charge in [-0.15, -0.1) is 23.1 Å². The highest BCUT2D eigenvalue weighted by Crippen LogP contribution is 2.41. The maximum Gasteiger partial charge on any atom is 0.352 e. The fraction of sp³-hybridized carbons (Fsp3) is 0.353. The van der Waals surface area contributed by atoms with Gasteiger partial charge in [0.1, 0.15) is 35.7 Å². The summed E-state index contributed by atoms with van der Waals surface area (Å²) >= 11 is 5.10. The molecule has 16 heteroatoms. The van der Waals surface area contributed by atoms with Crippen LogP contribution in [-0.2, 0) is 19.2 Å². The van der Waals surface area contributed by atoms with Gasteiger partial charge in [0.15, 0.2) is 15.2 Å². The Hall–Kier alpha value is -2.69. The number of amides is 2. The summed E-state index contributed by atoms with van der Waals surface area (Å²) < 4.78 is 4.63. The molecule has 1 unspecified atom stereocenters. The number of aromatic nitrogens is 3. The van der Waals surface area contributed by atoms with Crippen molar-refractivity contribution in [3.63, 3.8) is 0 Å².